The van der Waals surface area contributed by atoms with Crippen LogP contribution in [0.25, 0.3) is 0 Å². The number of nitro benzene ring substituents is 1. The maximum atomic E-state index is 12.6. The second-order valence-corrected chi connectivity index (χ2v) is 6.21. The Labute approximate surface area is 136 Å². The second-order valence-electron chi connectivity index (χ2n) is 6.21. The Morgan fingerprint density at radius 1 is 1.48 bits per heavy atom. The van der Waals surface area contributed by atoms with Crippen molar-refractivity contribution >= 4 is 17.3 Å². The van der Waals surface area contributed by atoms with Gasteiger partial charge in [0.05, 0.1) is 11.5 Å². The lowest BCUT2D eigenvalue weighted by Crippen LogP contribution is -2.51. The first kappa shape index (κ1) is 17.2. The Balaban J connectivity index is 2.09. The zero-order valence-corrected chi connectivity index (χ0v) is 13.6. The number of carbonyl (C=O) groups is 1. The standard InChI is InChI=1S/C16H24N4O3/c1-12-7-8-19(13(9-12)10-17)16(21)11-18(2)14-5-3-4-6-15(14)20(22)23/h3-6,12-13H,7-11,17H2,1-2H3. The lowest BCUT2D eigenvalue weighted by molar-refractivity contribution is -0.384. The van der Waals surface area contributed by atoms with E-state index in [-0.39, 0.29) is 24.2 Å². The first-order chi connectivity index (χ1) is 10.9. The lowest BCUT2D eigenvalue weighted by Gasteiger charge is -2.38. The van der Waals surface area contributed by atoms with Crippen molar-refractivity contribution in [1.82, 2.24) is 4.90 Å². The number of hydrogen-bond acceptors (Lipinski definition) is 5. The van der Waals surface area contributed by atoms with Crippen molar-refractivity contribution in [1.29, 1.82) is 0 Å². The number of rotatable bonds is 5. The van der Waals surface area contributed by atoms with Crippen molar-refractivity contribution < 1.29 is 9.72 Å². The smallest absolute Gasteiger partial charge is 0.292 e. The summed E-state index contributed by atoms with van der Waals surface area (Å²) >= 11 is 0. The predicted molar refractivity (Wildman–Crippen MR) is 89.3 cm³/mol. The molecule has 7 heteroatoms. The normalized spacial score (nSPS) is 21.1. The second kappa shape index (κ2) is 7.41. The van der Waals surface area contributed by atoms with E-state index in [0.29, 0.717) is 24.7 Å². The molecule has 0 aliphatic carbocycles. The lowest BCUT2D eigenvalue weighted by atomic mass is 9.92. The Morgan fingerprint density at radius 2 is 2.17 bits per heavy atom. The number of amides is 1. The van der Waals surface area contributed by atoms with E-state index in [2.05, 4.69) is 6.92 Å². The molecule has 1 fully saturated rings. The van der Waals surface area contributed by atoms with Gasteiger partial charge < -0.3 is 15.5 Å². The molecule has 2 unspecified atom stereocenters. The predicted octanol–water partition coefficient (Wildman–Crippen LogP) is 1.62. The molecule has 0 spiro atoms. The summed E-state index contributed by atoms with van der Waals surface area (Å²) in [5, 5.41) is 11.1. The fourth-order valence-corrected chi connectivity index (χ4v) is 3.12. The molecule has 0 bridgehead atoms. The molecule has 1 aromatic carbocycles. The maximum absolute atomic E-state index is 12.6. The fourth-order valence-electron chi connectivity index (χ4n) is 3.12. The van der Waals surface area contributed by atoms with Crippen LogP contribution in [0.1, 0.15) is 19.8 Å². The Hall–Kier alpha value is -2.15. The number of hydrogen-bond donors (Lipinski definition) is 1. The molecule has 126 valence electrons. The van der Waals surface area contributed by atoms with Crippen molar-refractivity contribution in [3.8, 4) is 0 Å². The number of nitrogens with zero attached hydrogens (tertiary/aromatic N) is 3. The van der Waals surface area contributed by atoms with Crippen molar-refractivity contribution in [3.63, 3.8) is 0 Å². The van der Waals surface area contributed by atoms with Gasteiger partial charge in [0.1, 0.15) is 5.69 Å². The molecule has 0 aromatic heterocycles. The first-order valence-corrected chi connectivity index (χ1v) is 7.88. The van der Waals surface area contributed by atoms with Crippen LogP contribution in [0.4, 0.5) is 11.4 Å². The fraction of sp³-hybridized carbons (Fsp3) is 0.562. The first-order valence-electron chi connectivity index (χ1n) is 7.88. The highest BCUT2D eigenvalue weighted by atomic mass is 16.6. The van der Waals surface area contributed by atoms with Gasteiger partial charge in [0.15, 0.2) is 0 Å². The molecule has 1 amide bonds. The molecule has 2 atom stereocenters. The third kappa shape index (κ3) is 3.98. The number of nitrogens with two attached hydrogens (primary N) is 1. The zero-order valence-electron chi connectivity index (χ0n) is 13.6. The van der Waals surface area contributed by atoms with E-state index in [9.17, 15) is 14.9 Å². The van der Waals surface area contributed by atoms with Crippen LogP contribution in [0.5, 0.6) is 0 Å². The molecular formula is C16H24N4O3. The summed E-state index contributed by atoms with van der Waals surface area (Å²) in [5.74, 6) is 0.536. The van der Waals surface area contributed by atoms with E-state index in [4.69, 9.17) is 5.73 Å². The van der Waals surface area contributed by atoms with Gasteiger partial charge in [-0.1, -0.05) is 19.1 Å². The van der Waals surface area contributed by atoms with Crippen molar-refractivity contribution in [3.05, 3.63) is 34.4 Å². The topological polar surface area (TPSA) is 92.7 Å². The van der Waals surface area contributed by atoms with Gasteiger partial charge in [0, 0.05) is 32.2 Å². The van der Waals surface area contributed by atoms with Gasteiger partial charge in [0.25, 0.3) is 5.69 Å². The number of likely N-dealkylation sites (tertiary alicyclic amines) is 1. The van der Waals surface area contributed by atoms with Crippen molar-refractivity contribution in [2.24, 2.45) is 11.7 Å². The number of nitro groups is 1. The zero-order chi connectivity index (χ0) is 17.0. The summed E-state index contributed by atoms with van der Waals surface area (Å²) < 4.78 is 0. The number of para-hydroxylation sites is 2. The summed E-state index contributed by atoms with van der Waals surface area (Å²) in [7, 11) is 1.70. The highest BCUT2D eigenvalue weighted by molar-refractivity contribution is 5.83. The third-order valence-corrected chi connectivity index (χ3v) is 4.43. The van der Waals surface area contributed by atoms with E-state index in [1.54, 1.807) is 30.1 Å². The number of piperidine rings is 1. The molecule has 2 N–H and O–H groups in total. The highest BCUT2D eigenvalue weighted by Crippen LogP contribution is 2.27. The molecule has 1 heterocycles. The minimum atomic E-state index is -0.429. The van der Waals surface area contributed by atoms with Crippen LogP contribution in [-0.4, -0.2) is 48.5 Å². The Morgan fingerprint density at radius 3 is 2.83 bits per heavy atom. The van der Waals surface area contributed by atoms with Crippen LogP contribution in [0, 0.1) is 16.0 Å². The molecule has 1 aromatic rings. The Bertz CT molecular complexity index is 578. The summed E-state index contributed by atoms with van der Waals surface area (Å²) in [6.07, 6.45) is 1.88. The van der Waals surface area contributed by atoms with Gasteiger partial charge >= 0.3 is 0 Å². The van der Waals surface area contributed by atoms with Crippen LogP contribution >= 0.6 is 0 Å². The minimum Gasteiger partial charge on any atom is -0.360 e. The molecule has 0 saturated carbocycles. The largest absolute Gasteiger partial charge is 0.360 e. The summed E-state index contributed by atoms with van der Waals surface area (Å²) in [6.45, 7) is 3.43. The molecule has 2 rings (SSSR count). The van der Waals surface area contributed by atoms with Crippen molar-refractivity contribution in [2.45, 2.75) is 25.8 Å². The summed E-state index contributed by atoms with van der Waals surface area (Å²) in [5.41, 5.74) is 6.25. The SMILES string of the molecule is CC1CCN(C(=O)CN(C)c2ccccc2[N+](=O)[O-])C(CN)C1. The number of carbonyl (C=O) groups excluding carboxylic acids is 1. The molecular weight excluding hydrogens is 296 g/mol. The van der Waals surface area contributed by atoms with E-state index in [1.165, 1.54) is 6.07 Å². The quantitative estimate of drug-likeness (QED) is 0.657. The summed E-state index contributed by atoms with van der Waals surface area (Å²) in [4.78, 5) is 26.7. The van der Waals surface area contributed by atoms with Gasteiger partial charge in [-0.05, 0) is 24.8 Å². The monoisotopic (exact) mass is 320 g/mol. The molecule has 1 aliphatic heterocycles. The summed E-state index contributed by atoms with van der Waals surface area (Å²) in [6, 6.07) is 6.51. The van der Waals surface area contributed by atoms with Gasteiger partial charge in [-0.15, -0.1) is 0 Å². The van der Waals surface area contributed by atoms with Crippen molar-refractivity contribution in [2.75, 3.05) is 31.6 Å². The minimum absolute atomic E-state index is 0.00504. The van der Waals surface area contributed by atoms with E-state index < -0.39 is 4.92 Å². The molecule has 1 saturated heterocycles. The molecule has 0 radical (unpaired) electrons. The highest BCUT2D eigenvalue weighted by Gasteiger charge is 2.30. The van der Waals surface area contributed by atoms with Crippen LogP contribution in [0.15, 0.2) is 24.3 Å². The van der Waals surface area contributed by atoms with E-state index in [1.807, 2.05) is 4.90 Å². The molecule has 7 nitrogen and oxygen atoms in total. The van der Waals surface area contributed by atoms with E-state index in [0.717, 1.165) is 12.8 Å². The average Bonchev–Trinajstić information content (AvgIpc) is 2.54. The Kier molecular flexibility index (Phi) is 5.54. The molecule has 1 aliphatic rings. The van der Waals surface area contributed by atoms with Gasteiger partial charge in [-0.25, -0.2) is 0 Å². The van der Waals surface area contributed by atoms with Gasteiger partial charge in [0.2, 0.25) is 5.91 Å². The van der Waals surface area contributed by atoms with Gasteiger partial charge in [-0.2, -0.15) is 0 Å². The molecule has 23 heavy (non-hydrogen) atoms. The average molecular weight is 320 g/mol. The van der Waals surface area contributed by atoms with E-state index >= 15 is 0 Å². The number of benzene rings is 1. The van der Waals surface area contributed by atoms with Crippen LogP contribution in [0.3, 0.4) is 0 Å². The van der Waals surface area contributed by atoms with Crippen LogP contribution in [0.2, 0.25) is 0 Å². The number of likely N-dealkylation sites (N-methyl/N-ethyl adjacent to an activating group) is 1. The maximum Gasteiger partial charge on any atom is 0.292 e. The van der Waals surface area contributed by atoms with Crippen LogP contribution < -0.4 is 10.6 Å². The van der Waals surface area contributed by atoms with Crippen LogP contribution in [-0.2, 0) is 4.79 Å². The third-order valence-electron chi connectivity index (χ3n) is 4.43. The number of anilines is 1. The van der Waals surface area contributed by atoms with Gasteiger partial charge in [-0.3, -0.25) is 14.9 Å².